The molecule has 2 amide bonds. The van der Waals surface area contributed by atoms with Crippen molar-refractivity contribution in [2.24, 2.45) is 5.92 Å². The average Bonchev–Trinajstić information content (AvgIpc) is 2.82. The number of hydrogen-bond donors (Lipinski definition) is 2. The predicted molar refractivity (Wildman–Crippen MR) is 122 cm³/mol. The van der Waals surface area contributed by atoms with E-state index in [1.54, 1.807) is 18.2 Å². The summed E-state index contributed by atoms with van der Waals surface area (Å²) in [5.74, 6) is -0.273. The van der Waals surface area contributed by atoms with Gasteiger partial charge in [0.2, 0.25) is 5.91 Å². The first-order valence-corrected chi connectivity index (χ1v) is 11.3. The molecule has 2 N–H and O–H groups in total. The first kappa shape index (κ1) is 24.6. The van der Waals surface area contributed by atoms with Crippen LogP contribution >= 0.6 is 0 Å². The molecule has 1 saturated heterocycles. The number of rotatable bonds is 7. The Balaban J connectivity index is 1.62. The van der Waals surface area contributed by atoms with Crippen LogP contribution in [-0.4, -0.2) is 30.9 Å². The van der Waals surface area contributed by atoms with Crippen LogP contribution in [0.25, 0.3) is 0 Å². The van der Waals surface area contributed by atoms with E-state index in [2.05, 4.69) is 15.5 Å². The summed E-state index contributed by atoms with van der Waals surface area (Å²) >= 11 is 0. The summed E-state index contributed by atoms with van der Waals surface area (Å²) < 4.78 is 38.8. The van der Waals surface area contributed by atoms with Crippen molar-refractivity contribution in [3.63, 3.8) is 0 Å². The van der Waals surface area contributed by atoms with Gasteiger partial charge in [-0.15, -0.1) is 0 Å². The molecule has 0 aliphatic carbocycles. The van der Waals surface area contributed by atoms with Gasteiger partial charge in [-0.05, 0) is 49.1 Å². The van der Waals surface area contributed by atoms with Crippen molar-refractivity contribution in [1.29, 1.82) is 0 Å². The number of amides is 2. The van der Waals surface area contributed by atoms with Crippen LogP contribution in [0.5, 0.6) is 0 Å². The number of hydrogen-bond acceptors (Lipinski definition) is 3. The summed E-state index contributed by atoms with van der Waals surface area (Å²) in [4.78, 5) is 27.1. The average molecular weight is 462 g/mol. The molecule has 0 radical (unpaired) electrons. The van der Waals surface area contributed by atoms with Crippen molar-refractivity contribution in [1.82, 2.24) is 10.6 Å². The highest BCUT2D eigenvalue weighted by atomic mass is 19.4. The van der Waals surface area contributed by atoms with Crippen LogP contribution in [0, 0.1) is 5.92 Å². The second-order valence-electron chi connectivity index (χ2n) is 8.48. The van der Waals surface area contributed by atoms with E-state index in [-0.39, 0.29) is 30.3 Å². The van der Waals surface area contributed by atoms with Crippen LogP contribution < -0.4 is 15.5 Å². The monoisotopic (exact) mass is 461 g/mol. The molecule has 8 heteroatoms. The van der Waals surface area contributed by atoms with Gasteiger partial charge >= 0.3 is 6.18 Å². The molecule has 1 aliphatic rings. The molecule has 33 heavy (non-hydrogen) atoms. The lowest BCUT2D eigenvalue weighted by atomic mass is 10.0. The summed E-state index contributed by atoms with van der Waals surface area (Å²) in [7, 11) is 0. The fourth-order valence-electron chi connectivity index (χ4n) is 3.87. The Morgan fingerprint density at radius 2 is 1.79 bits per heavy atom. The van der Waals surface area contributed by atoms with E-state index >= 15 is 0 Å². The minimum absolute atomic E-state index is 0.000800. The summed E-state index contributed by atoms with van der Waals surface area (Å²) in [6.45, 7) is 5.30. The molecule has 1 aliphatic heterocycles. The number of para-hydroxylation sites is 1. The molecule has 2 aromatic rings. The SMILES string of the molecule is CC[C@H](C)C(=O)NC1CCN(c2ccccc2C(=O)NCc2cccc(C(F)(F)F)c2)CC1. The standard InChI is InChI=1S/C25H30F3N3O2/c1-3-17(2)23(32)30-20-11-13-31(14-12-20)22-10-5-4-9-21(22)24(33)29-16-18-7-6-8-19(15-18)25(26,27)28/h4-10,15,17,20H,3,11-14,16H2,1-2H3,(H,29,33)(H,30,32)/t17-/m0/s1. The van der Waals surface area contributed by atoms with Crippen molar-refractivity contribution in [2.75, 3.05) is 18.0 Å². The third kappa shape index (κ3) is 6.49. The van der Waals surface area contributed by atoms with Crippen molar-refractivity contribution >= 4 is 17.5 Å². The van der Waals surface area contributed by atoms with Gasteiger partial charge in [-0.2, -0.15) is 13.2 Å². The number of alkyl halides is 3. The Morgan fingerprint density at radius 1 is 1.09 bits per heavy atom. The maximum atomic E-state index is 12.9. The maximum absolute atomic E-state index is 12.9. The summed E-state index contributed by atoms with van der Waals surface area (Å²) in [5, 5.41) is 5.84. The van der Waals surface area contributed by atoms with Crippen LogP contribution in [0.1, 0.15) is 54.6 Å². The Morgan fingerprint density at radius 3 is 2.45 bits per heavy atom. The number of benzene rings is 2. The molecule has 3 rings (SSSR count). The molecule has 2 aromatic carbocycles. The lowest BCUT2D eigenvalue weighted by Gasteiger charge is -2.35. The van der Waals surface area contributed by atoms with E-state index in [9.17, 15) is 22.8 Å². The lowest BCUT2D eigenvalue weighted by Crippen LogP contribution is -2.46. The van der Waals surface area contributed by atoms with E-state index in [1.165, 1.54) is 6.07 Å². The summed E-state index contributed by atoms with van der Waals surface area (Å²) in [5.41, 5.74) is 0.906. The maximum Gasteiger partial charge on any atom is 0.416 e. The Kier molecular flexibility index (Phi) is 8.00. The normalized spacial score (nSPS) is 15.7. The number of carbonyl (C=O) groups excluding carboxylic acids is 2. The molecule has 1 heterocycles. The van der Waals surface area contributed by atoms with Crippen LogP contribution in [-0.2, 0) is 17.5 Å². The molecule has 1 atom stereocenters. The first-order chi connectivity index (χ1) is 15.7. The highest BCUT2D eigenvalue weighted by Crippen LogP contribution is 2.29. The number of nitrogens with zero attached hydrogens (tertiary/aromatic N) is 1. The second kappa shape index (κ2) is 10.7. The van der Waals surface area contributed by atoms with Crippen LogP contribution in [0.3, 0.4) is 0 Å². The van der Waals surface area contributed by atoms with Gasteiger partial charge in [0, 0.05) is 37.3 Å². The first-order valence-electron chi connectivity index (χ1n) is 11.3. The quantitative estimate of drug-likeness (QED) is 0.625. The smallest absolute Gasteiger partial charge is 0.371 e. The van der Waals surface area contributed by atoms with Gasteiger partial charge in [0.25, 0.3) is 5.91 Å². The molecule has 0 bridgehead atoms. The van der Waals surface area contributed by atoms with Crippen molar-refractivity contribution in [3.05, 3.63) is 65.2 Å². The van der Waals surface area contributed by atoms with E-state index < -0.39 is 11.7 Å². The lowest BCUT2D eigenvalue weighted by molar-refractivity contribution is -0.137. The van der Waals surface area contributed by atoms with Gasteiger partial charge in [-0.1, -0.05) is 38.1 Å². The zero-order valence-electron chi connectivity index (χ0n) is 18.9. The molecule has 0 spiro atoms. The van der Waals surface area contributed by atoms with Crippen LogP contribution in [0.15, 0.2) is 48.5 Å². The number of carbonyl (C=O) groups is 2. The molecule has 1 fully saturated rings. The van der Waals surface area contributed by atoms with Gasteiger partial charge in [-0.3, -0.25) is 9.59 Å². The molecule has 0 saturated carbocycles. The van der Waals surface area contributed by atoms with Gasteiger partial charge in [0.05, 0.1) is 11.1 Å². The summed E-state index contributed by atoms with van der Waals surface area (Å²) in [6.07, 6.45) is -2.06. The molecular weight excluding hydrogens is 431 g/mol. The second-order valence-corrected chi connectivity index (χ2v) is 8.48. The zero-order valence-corrected chi connectivity index (χ0v) is 18.9. The minimum Gasteiger partial charge on any atom is -0.371 e. The Labute approximate surface area is 192 Å². The van der Waals surface area contributed by atoms with Crippen LogP contribution in [0.4, 0.5) is 18.9 Å². The van der Waals surface area contributed by atoms with E-state index in [4.69, 9.17) is 0 Å². The van der Waals surface area contributed by atoms with Crippen molar-refractivity contribution in [2.45, 2.75) is 51.9 Å². The molecular formula is C25H30F3N3O2. The van der Waals surface area contributed by atoms with Crippen molar-refractivity contribution in [3.8, 4) is 0 Å². The van der Waals surface area contributed by atoms with E-state index in [1.807, 2.05) is 26.0 Å². The Hall–Kier alpha value is -3.03. The topological polar surface area (TPSA) is 61.4 Å². The van der Waals surface area contributed by atoms with Gasteiger partial charge < -0.3 is 15.5 Å². The number of anilines is 1. The van der Waals surface area contributed by atoms with E-state index in [0.29, 0.717) is 24.2 Å². The molecule has 178 valence electrons. The third-order valence-corrected chi connectivity index (χ3v) is 6.10. The highest BCUT2D eigenvalue weighted by molar-refractivity contribution is 5.99. The largest absolute Gasteiger partial charge is 0.416 e. The Bertz CT molecular complexity index is 969. The summed E-state index contributed by atoms with van der Waals surface area (Å²) in [6, 6.07) is 12.3. The molecule has 0 unspecified atom stereocenters. The van der Waals surface area contributed by atoms with Gasteiger partial charge in [-0.25, -0.2) is 0 Å². The number of halogens is 3. The van der Waals surface area contributed by atoms with Crippen molar-refractivity contribution < 1.29 is 22.8 Å². The predicted octanol–water partition coefficient (Wildman–Crippen LogP) is 4.77. The third-order valence-electron chi connectivity index (χ3n) is 6.10. The minimum atomic E-state index is -4.42. The number of piperidine rings is 1. The fraction of sp³-hybridized carbons (Fsp3) is 0.440. The molecule has 0 aromatic heterocycles. The van der Waals surface area contributed by atoms with Gasteiger partial charge in [0.1, 0.15) is 0 Å². The molecule has 5 nitrogen and oxygen atoms in total. The number of nitrogens with one attached hydrogen (secondary N) is 2. The van der Waals surface area contributed by atoms with Crippen LogP contribution in [0.2, 0.25) is 0 Å². The zero-order chi connectivity index (χ0) is 24.0. The van der Waals surface area contributed by atoms with Gasteiger partial charge in [0.15, 0.2) is 0 Å². The van der Waals surface area contributed by atoms with E-state index in [0.717, 1.165) is 37.1 Å². The highest BCUT2D eigenvalue weighted by Gasteiger charge is 2.30. The fourth-order valence-corrected chi connectivity index (χ4v) is 3.87.